The third kappa shape index (κ3) is 3.80. The molecule has 0 saturated heterocycles. The van der Waals surface area contributed by atoms with E-state index in [0.717, 1.165) is 5.56 Å². The van der Waals surface area contributed by atoms with Gasteiger partial charge < -0.3 is 9.15 Å². The van der Waals surface area contributed by atoms with Crippen molar-refractivity contribution >= 4 is 15.7 Å². The van der Waals surface area contributed by atoms with Crippen LogP contribution in [0, 0.1) is 0 Å². The van der Waals surface area contributed by atoms with E-state index in [1.54, 1.807) is 36.4 Å². The Morgan fingerprint density at radius 1 is 1.04 bits per heavy atom. The Balaban J connectivity index is 1.77. The quantitative estimate of drug-likeness (QED) is 0.727. The molecule has 1 N–H and O–H groups in total. The molecule has 8 heteroatoms. The molecule has 0 spiro atoms. The molecule has 0 bridgehead atoms. The summed E-state index contributed by atoms with van der Waals surface area (Å²) in [4.78, 5) is 0.155. The Morgan fingerprint density at radius 3 is 2.28 bits per heavy atom. The highest BCUT2D eigenvalue weighted by Gasteiger charge is 2.15. The highest BCUT2D eigenvalue weighted by atomic mass is 32.2. The zero-order chi connectivity index (χ0) is 17.9. The van der Waals surface area contributed by atoms with Gasteiger partial charge in [-0.2, -0.15) is 0 Å². The summed E-state index contributed by atoms with van der Waals surface area (Å²) in [5, 5.41) is 7.87. The summed E-state index contributed by atoms with van der Waals surface area (Å²) in [6.07, 6.45) is 0.659. The average Bonchev–Trinajstić information content (AvgIpc) is 3.11. The molecule has 2 aromatic carbocycles. The molecule has 0 saturated carbocycles. The minimum atomic E-state index is -3.67. The molecule has 7 nitrogen and oxygen atoms in total. The van der Waals surface area contributed by atoms with Crippen molar-refractivity contribution in [3.63, 3.8) is 0 Å². The lowest BCUT2D eigenvalue weighted by atomic mass is 10.2. The predicted octanol–water partition coefficient (Wildman–Crippen LogP) is 3.11. The summed E-state index contributed by atoms with van der Waals surface area (Å²) in [7, 11) is -2.15. The molecular formula is C17H17N3O4S. The molecule has 25 heavy (non-hydrogen) atoms. The van der Waals surface area contributed by atoms with E-state index in [-0.39, 0.29) is 4.90 Å². The molecule has 3 rings (SSSR count). The van der Waals surface area contributed by atoms with Crippen LogP contribution in [-0.4, -0.2) is 25.7 Å². The Hall–Kier alpha value is -2.87. The summed E-state index contributed by atoms with van der Waals surface area (Å²) >= 11 is 0. The number of sulfonamides is 1. The van der Waals surface area contributed by atoms with Crippen LogP contribution in [-0.2, 0) is 16.4 Å². The van der Waals surface area contributed by atoms with Crippen LogP contribution in [0.3, 0.4) is 0 Å². The van der Waals surface area contributed by atoms with Gasteiger partial charge in [0.05, 0.1) is 12.0 Å². The number of nitrogens with zero attached hydrogens (tertiary/aromatic N) is 2. The van der Waals surface area contributed by atoms with Crippen LogP contribution in [0.1, 0.15) is 12.8 Å². The van der Waals surface area contributed by atoms with E-state index in [0.29, 0.717) is 29.6 Å². The van der Waals surface area contributed by atoms with E-state index >= 15 is 0 Å². The maximum atomic E-state index is 12.4. The van der Waals surface area contributed by atoms with Gasteiger partial charge in [0, 0.05) is 17.7 Å². The van der Waals surface area contributed by atoms with E-state index in [1.165, 1.54) is 19.2 Å². The number of ether oxygens (including phenoxy) is 1. The number of benzene rings is 2. The molecule has 3 aromatic rings. The van der Waals surface area contributed by atoms with Gasteiger partial charge in [0.25, 0.3) is 10.0 Å². The predicted molar refractivity (Wildman–Crippen MR) is 92.9 cm³/mol. The van der Waals surface area contributed by atoms with Crippen molar-refractivity contribution in [3.8, 4) is 17.2 Å². The normalized spacial score (nSPS) is 11.3. The van der Waals surface area contributed by atoms with Gasteiger partial charge >= 0.3 is 0 Å². The van der Waals surface area contributed by atoms with Gasteiger partial charge in [-0.05, 0) is 48.5 Å². The molecule has 0 aliphatic heterocycles. The summed E-state index contributed by atoms with van der Waals surface area (Å²) in [6.45, 7) is 1.92. The summed E-state index contributed by atoms with van der Waals surface area (Å²) in [6, 6.07) is 12.9. The smallest absolute Gasteiger partial charge is 0.261 e. The van der Waals surface area contributed by atoms with Gasteiger partial charge in [-0.3, -0.25) is 4.72 Å². The molecule has 1 aromatic heterocycles. The Morgan fingerprint density at radius 2 is 1.72 bits per heavy atom. The Bertz CT molecular complexity index is 948. The Kier molecular flexibility index (Phi) is 4.71. The van der Waals surface area contributed by atoms with E-state index in [1.807, 2.05) is 6.92 Å². The first-order chi connectivity index (χ1) is 12.0. The fraction of sp³-hybridized carbons (Fsp3) is 0.176. The van der Waals surface area contributed by atoms with E-state index in [4.69, 9.17) is 9.15 Å². The number of rotatable bonds is 6. The maximum absolute atomic E-state index is 12.4. The average molecular weight is 359 g/mol. The monoisotopic (exact) mass is 359 g/mol. The largest absolute Gasteiger partial charge is 0.497 e. The van der Waals surface area contributed by atoms with Gasteiger partial charge in [-0.15, -0.1) is 10.2 Å². The summed E-state index contributed by atoms with van der Waals surface area (Å²) in [5.41, 5.74) is 1.16. The molecule has 0 radical (unpaired) electrons. The maximum Gasteiger partial charge on any atom is 0.261 e. The highest BCUT2D eigenvalue weighted by Crippen LogP contribution is 2.23. The fourth-order valence-corrected chi connectivity index (χ4v) is 3.22. The van der Waals surface area contributed by atoms with E-state index in [2.05, 4.69) is 14.9 Å². The first kappa shape index (κ1) is 17.0. The van der Waals surface area contributed by atoms with Crippen LogP contribution in [0.2, 0.25) is 0 Å². The number of methoxy groups -OCH3 is 1. The highest BCUT2D eigenvalue weighted by molar-refractivity contribution is 7.92. The minimum absolute atomic E-state index is 0.155. The summed E-state index contributed by atoms with van der Waals surface area (Å²) < 4.78 is 37.9. The minimum Gasteiger partial charge on any atom is -0.497 e. The van der Waals surface area contributed by atoms with Crippen LogP contribution in [0.25, 0.3) is 11.5 Å². The molecule has 0 fully saturated rings. The standard InChI is InChI=1S/C17H17N3O4S/c1-3-16-18-19-17(24-16)12-4-6-13(7-5-12)20-25(21,22)15-10-8-14(23-2)9-11-15/h4-11,20H,3H2,1-2H3. The first-order valence-electron chi connectivity index (χ1n) is 7.61. The number of anilines is 1. The molecule has 0 unspecified atom stereocenters. The van der Waals surface area contributed by atoms with E-state index < -0.39 is 10.0 Å². The fourth-order valence-electron chi connectivity index (χ4n) is 2.16. The lowest BCUT2D eigenvalue weighted by Gasteiger charge is -2.09. The van der Waals surface area contributed by atoms with Crippen LogP contribution in [0.15, 0.2) is 57.8 Å². The number of hydrogen-bond acceptors (Lipinski definition) is 6. The lowest BCUT2D eigenvalue weighted by molar-refractivity contribution is 0.414. The van der Waals surface area contributed by atoms with Gasteiger partial charge in [0.2, 0.25) is 11.8 Å². The third-order valence-electron chi connectivity index (χ3n) is 3.52. The molecule has 1 heterocycles. The second kappa shape index (κ2) is 6.94. The SMILES string of the molecule is CCc1nnc(-c2ccc(NS(=O)(=O)c3ccc(OC)cc3)cc2)o1. The van der Waals surface area contributed by atoms with Crippen molar-refractivity contribution in [2.24, 2.45) is 0 Å². The topological polar surface area (TPSA) is 94.3 Å². The third-order valence-corrected chi connectivity index (χ3v) is 4.92. The molecule has 0 aliphatic rings. The zero-order valence-corrected chi connectivity index (χ0v) is 14.6. The summed E-state index contributed by atoms with van der Waals surface area (Å²) in [5.74, 6) is 1.55. The number of nitrogens with one attached hydrogen (secondary N) is 1. The first-order valence-corrected chi connectivity index (χ1v) is 9.10. The van der Waals surface area contributed by atoms with Gasteiger partial charge in [0.1, 0.15) is 5.75 Å². The van der Waals surface area contributed by atoms with Crippen molar-refractivity contribution < 1.29 is 17.6 Å². The van der Waals surface area contributed by atoms with Crippen LogP contribution in [0.5, 0.6) is 5.75 Å². The number of hydrogen-bond donors (Lipinski definition) is 1. The molecule has 130 valence electrons. The van der Waals surface area contributed by atoms with Gasteiger partial charge in [0.15, 0.2) is 0 Å². The lowest BCUT2D eigenvalue weighted by Crippen LogP contribution is -2.12. The zero-order valence-electron chi connectivity index (χ0n) is 13.8. The number of aryl methyl sites for hydroxylation is 1. The second-order valence-electron chi connectivity index (χ2n) is 5.21. The number of aromatic nitrogens is 2. The van der Waals surface area contributed by atoms with Crippen molar-refractivity contribution in [1.82, 2.24) is 10.2 Å². The van der Waals surface area contributed by atoms with Crippen molar-refractivity contribution in [2.75, 3.05) is 11.8 Å². The van der Waals surface area contributed by atoms with Crippen LogP contribution in [0.4, 0.5) is 5.69 Å². The second-order valence-corrected chi connectivity index (χ2v) is 6.90. The van der Waals surface area contributed by atoms with Crippen molar-refractivity contribution in [1.29, 1.82) is 0 Å². The molecule has 0 amide bonds. The van der Waals surface area contributed by atoms with Crippen LogP contribution >= 0.6 is 0 Å². The van der Waals surface area contributed by atoms with Crippen molar-refractivity contribution in [2.45, 2.75) is 18.2 Å². The van der Waals surface area contributed by atoms with Crippen LogP contribution < -0.4 is 9.46 Å². The van der Waals surface area contributed by atoms with Gasteiger partial charge in [-0.25, -0.2) is 8.42 Å². The van der Waals surface area contributed by atoms with Crippen molar-refractivity contribution in [3.05, 3.63) is 54.4 Å². The van der Waals surface area contributed by atoms with Gasteiger partial charge in [-0.1, -0.05) is 6.92 Å². The molecule has 0 aliphatic carbocycles. The Labute approximate surface area is 145 Å². The van der Waals surface area contributed by atoms with E-state index in [9.17, 15) is 8.42 Å². The molecular weight excluding hydrogens is 342 g/mol. The molecule has 0 atom stereocenters.